The van der Waals surface area contributed by atoms with E-state index in [0.29, 0.717) is 17.3 Å². The van der Waals surface area contributed by atoms with E-state index >= 15 is 0 Å². The fraction of sp³-hybridized carbons (Fsp3) is 0.154. The van der Waals surface area contributed by atoms with E-state index in [-0.39, 0.29) is 5.76 Å². The largest absolute Gasteiger partial charge is 0.475 e. The van der Waals surface area contributed by atoms with Gasteiger partial charge in [-0.2, -0.15) is 0 Å². The van der Waals surface area contributed by atoms with Crippen LogP contribution in [0.1, 0.15) is 16.1 Å². The summed E-state index contributed by atoms with van der Waals surface area (Å²) in [6.07, 6.45) is 0. The third-order valence-electron chi connectivity index (χ3n) is 3.03. The van der Waals surface area contributed by atoms with Crippen molar-refractivity contribution in [3.63, 3.8) is 0 Å². The van der Waals surface area contributed by atoms with Crippen LogP contribution in [0, 0.1) is 0 Å². The van der Waals surface area contributed by atoms with Crippen LogP contribution in [0.5, 0.6) is 0 Å². The fourth-order valence-corrected chi connectivity index (χ4v) is 2.75. The standard InChI is InChI=1S/C13H12N4O3S/c1-17-12(14)15-16-13(17)21-6-7-2-3-9-8(4-7)5-10(20-9)11(18)19/h2-5H,6H2,1H3,(H2,14,15)(H,18,19). The first-order valence-corrected chi connectivity index (χ1v) is 7.06. The van der Waals surface area contributed by atoms with E-state index in [9.17, 15) is 4.79 Å². The number of fused-ring (bicyclic) bond motifs is 1. The number of thioether (sulfide) groups is 1. The molecule has 7 nitrogen and oxygen atoms in total. The monoisotopic (exact) mass is 304 g/mol. The van der Waals surface area contributed by atoms with Crippen LogP contribution < -0.4 is 5.73 Å². The Hall–Kier alpha value is -2.48. The minimum Gasteiger partial charge on any atom is -0.475 e. The summed E-state index contributed by atoms with van der Waals surface area (Å²) in [6, 6.07) is 7.08. The van der Waals surface area contributed by atoms with Gasteiger partial charge < -0.3 is 15.3 Å². The first-order valence-electron chi connectivity index (χ1n) is 6.08. The molecule has 0 aliphatic carbocycles. The van der Waals surface area contributed by atoms with Gasteiger partial charge in [-0.15, -0.1) is 10.2 Å². The van der Waals surface area contributed by atoms with Gasteiger partial charge in [0.2, 0.25) is 11.7 Å². The number of benzene rings is 1. The van der Waals surface area contributed by atoms with Crippen LogP contribution in [0.15, 0.2) is 33.8 Å². The Morgan fingerprint density at radius 2 is 2.24 bits per heavy atom. The maximum absolute atomic E-state index is 10.9. The lowest BCUT2D eigenvalue weighted by molar-refractivity contribution is 0.0665. The molecule has 0 unspecified atom stereocenters. The number of carbonyl (C=O) groups is 1. The molecule has 0 saturated carbocycles. The molecule has 1 aromatic carbocycles. The van der Waals surface area contributed by atoms with E-state index in [0.717, 1.165) is 16.1 Å². The number of hydrogen-bond donors (Lipinski definition) is 2. The second kappa shape index (κ2) is 5.13. The first kappa shape index (κ1) is 13.5. The van der Waals surface area contributed by atoms with Gasteiger partial charge in [-0.3, -0.25) is 4.57 Å². The van der Waals surface area contributed by atoms with E-state index in [1.807, 2.05) is 12.1 Å². The van der Waals surface area contributed by atoms with Gasteiger partial charge in [0.25, 0.3) is 0 Å². The molecule has 8 heteroatoms. The topological polar surface area (TPSA) is 107 Å². The Morgan fingerprint density at radius 3 is 2.90 bits per heavy atom. The Bertz CT molecular complexity index is 824. The molecular formula is C13H12N4O3S. The predicted molar refractivity (Wildman–Crippen MR) is 78.1 cm³/mol. The molecule has 0 aliphatic rings. The van der Waals surface area contributed by atoms with Crippen LogP contribution in [-0.4, -0.2) is 25.8 Å². The van der Waals surface area contributed by atoms with Gasteiger partial charge in [0.15, 0.2) is 5.16 Å². The third-order valence-corrected chi connectivity index (χ3v) is 4.12. The summed E-state index contributed by atoms with van der Waals surface area (Å²) in [5, 5.41) is 18.2. The number of rotatable bonds is 4. The normalized spacial score (nSPS) is 11.1. The van der Waals surface area contributed by atoms with E-state index in [1.165, 1.54) is 17.8 Å². The fourth-order valence-electron chi connectivity index (χ4n) is 1.89. The zero-order valence-corrected chi connectivity index (χ0v) is 11.9. The number of hydrogen-bond acceptors (Lipinski definition) is 6. The van der Waals surface area contributed by atoms with Crippen LogP contribution in [0.4, 0.5) is 5.95 Å². The van der Waals surface area contributed by atoms with Crippen molar-refractivity contribution < 1.29 is 14.3 Å². The minimum absolute atomic E-state index is 0.0594. The molecule has 0 bridgehead atoms. The molecule has 2 aromatic heterocycles. The summed E-state index contributed by atoms with van der Waals surface area (Å²) in [5.74, 6) is -0.0865. The van der Waals surface area contributed by atoms with Gasteiger partial charge in [-0.1, -0.05) is 17.8 Å². The summed E-state index contributed by atoms with van der Waals surface area (Å²) >= 11 is 1.51. The lowest BCUT2D eigenvalue weighted by atomic mass is 10.2. The van der Waals surface area contributed by atoms with Crippen molar-refractivity contribution in [1.82, 2.24) is 14.8 Å². The molecule has 3 N–H and O–H groups in total. The van der Waals surface area contributed by atoms with Crippen LogP contribution >= 0.6 is 11.8 Å². The Kier molecular flexibility index (Phi) is 3.30. The molecule has 108 valence electrons. The highest BCUT2D eigenvalue weighted by Crippen LogP contribution is 2.25. The summed E-state index contributed by atoms with van der Waals surface area (Å²) in [6.45, 7) is 0. The molecule has 0 saturated heterocycles. The van der Waals surface area contributed by atoms with Crippen molar-refractivity contribution in [3.05, 3.63) is 35.6 Å². The number of aromatic carboxylic acids is 1. The smallest absolute Gasteiger partial charge is 0.371 e. The second-order valence-corrected chi connectivity index (χ2v) is 5.42. The molecule has 0 fully saturated rings. The highest BCUT2D eigenvalue weighted by atomic mass is 32.2. The Morgan fingerprint density at radius 1 is 1.43 bits per heavy atom. The van der Waals surface area contributed by atoms with Crippen molar-refractivity contribution in [1.29, 1.82) is 0 Å². The van der Waals surface area contributed by atoms with Gasteiger partial charge in [-0.25, -0.2) is 4.79 Å². The summed E-state index contributed by atoms with van der Waals surface area (Å²) in [5.41, 5.74) is 7.22. The number of nitrogens with two attached hydrogens (primary N) is 1. The lowest BCUT2D eigenvalue weighted by Crippen LogP contribution is -1.98. The number of carboxylic acids is 1. The number of carboxylic acid groups (broad SMARTS) is 1. The number of nitrogen functional groups attached to an aromatic ring is 1. The SMILES string of the molecule is Cn1c(N)nnc1SCc1ccc2oc(C(=O)O)cc2c1. The van der Waals surface area contributed by atoms with Crippen LogP contribution in [0.2, 0.25) is 0 Å². The summed E-state index contributed by atoms with van der Waals surface area (Å²) in [4.78, 5) is 10.9. The van der Waals surface area contributed by atoms with E-state index in [1.54, 1.807) is 17.7 Å². The predicted octanol–water partition coefficient (Wildman–Crippen LogP) is 2.13. The minimum atomic E-state index is -1.07. The van der Waals surface area contributed by atoms with E-state index in [2.05, 4.69) is 10.2 Å². The number of aromatic nitrogens is 3. The average Bonchev–Trinajstić information content (AvgIpc) is 3.02. The maximum Gasteiger partial charge on any atom is 0.371 e. The van der Waals surface area contributed by atoms with E-state index < -0.39 is 5.97 Å². The molecular weight excluding hydrogens is 292 g/mol. The van der Waals surface area contributed by atoms with Crippen molar-refractivity contribution in [2.45, 2.75) is 10.9 Å². The third kappa shape index (κ3) is 2.57. The molecule has 21 heavy (non-hydrogen) atoms. The van der Waals surface area contributed by atoms with Gasteiger partial charge in [0, 0.05) is 18.2 Å². The van der Waals surface area contributed by atoms with Crippen LogP contribution in [0.25, 0.3) is 11.0 Å². The quantitative estimate of drug-likeness (QED) is 0.711. The number of anilines is 1. The zero-order chi connectivity index (χ0) is 15.0. The zero-order valence-electron chi connectivity index (χ0n) is 11.1. The van der Waals surface area contributed by atoms with E-state index in [4.69, 9.17) is 15.3 Å². The number of furan rings is 1. The molecule has 0 atom stereocenters. The lowest BCUT2D eigenvalue weighted by Gasteiger charge is -2.01. The van der Waals surface area contributed by atoms with Crippen LogP contribution in [-0.2, 0) is 12.8 Å². The van der Waals surface area contributed by atoms with Crippen molar-refractivity contribution in [2.75, 3.05) is 5.73 Å². The highest BCUT2D eigenvalue weighted by molar-refractivity contribution is 7.98. The molecule has 0 amide bonds. The van der Waals surface area contributed by atoms with Gasteiger partial charge >= 0.3 is 5.97 Å². The molecule has 0 aliphatic heterocycles. The Balaban J connectivity index is 1.81. The van der Waals surface area contributed by atoms with Crippen molar-refractivity contribution in [2.24, 2.45) is 7.05 Å². The maximum atomic E-state index is 10.9. The average molecular weight is 304 g/mol. The highest BCUT2D eigenvalue weighted by Gasteiger charge is 2.11. The van der Waals surface area contributed by atoms with Gasteiger partial charge in [-0.05, 0) is 23.8 Å². The molecule has 0 spiro atoms. The number of nitrogens with zero attached hydrogens (tertiary/aromatic N) is 3. The molecule has 2 heterocycles. The van der Waals surface area contributed by atoms with Crippen molar-refractivity contribution >= 4 is 34.6 Å². The second-order valence-electron chi connectivity index (χ2n) is 4.48. The first-order chi connectivity index (χ1) is 10.0. The van der Waals surface area contributed by atoms with Crippen LogP contribution in [0.3, 0.4) is 0 Å². The Labute approximate surface area is 123 Å². The summed E-state index contributed by atoms with van der Waals surface area (Å²) in [7, 11) is 1.80. The molecule has 0 radical (unpaired) electrons. The molecule has 3 aromatic rings. The van der Waals surface area contributed by atoms with Crippen molar-refractivity contribution in [3.8, 4) is 0 Å². The summed E-state index contributed by atoms with van der Waals surface area (Å²) < 4.78 is 6.93. The molecule has 3 rings (SSSR count). The van der Waals surface area contributed by atoms with Gasteiger partial charge in [0.05, 0.1) is 0 Å². The van der Waals surface area contributed by atoms with Gasteiger partial charge in [0.1, 0.15) is 5.58 Å².